The van der Waals surface area contributed by atoms with Crippen LogP contribution in [-0.2, 0) is 4.79 Å². The van der Waals surface area contributed by atoms with Crippen LogP contribution in [0.4, 0.5) is 0 Å². The van der Waals surface area contributed by atoms with Crippen molar-refractivity contribution in [3.8, 4) is 5.75 Å². The van der Waals surface area contributed by atoms with Crippen LogP contribution in [-0.4, -0.2) is 17.2 Å². The largest absolute Gasteiger partial charge is 0.479 e. The molecule has 0 bridgehead atoms. The number of hydrogen-bond acceptors (Lipinski definition) is 2. The number of carbonyl (C=O) groups is 1. The van der Waals surface area contributed by atoms with Gasteiger partial charge in [-0.15, -0.1) is 0 Å². The molecule has 0 spiro atoms. The van der Waals surface area contributed by atoms with Gasteiger partial charge in [0.2, 0.25) is 0 Å². The summed E-state index contributed by atoms with van der Waals surface area (Å²) < 4.78 is 5.60. The Kier molecular flexibility index (Phi) is 4.55. The van der Waals surface area contributed by atoms with Gasteiger partial charge in [-0.25, -0.2) is 4.79 Å². The van der Waals surface area contributed by atoms with E-state index >= 15 is 0 Å². The van der Waals surface area contributed by atoms with E-state index in [-0.39, 0.29) is 0 Å². The van der Waals surface area contributed by atoms with Gasteiger partial charge in [-0.05, 0) is 36.5 Å². The molecule has 1 rings (SSSR count). The van der Waals surface area contributed by atoms with Crippen molar-refractivity contribution in [2.75, 3.05) is 0 Å². The number of hydrogen-bond donors (Lipinski definition) is 1. The van der Waals surface area contributed by atoms with Gasteiger partial charge in [-0.2, -0.15) is 0 Å². The summed E-state index contributed by atoms with van der Waals surface area (Å²) >= 11 is 0. The Bertz CT molecular complexity index is 396. The molecule has 17 heavy (non-hydrogen) atoms. The van der Waals surface area contributed by atoms with Crippen molar-refractivity contribution in [3.05, 3.63) is 29.3 Å². The Morgan fingerprint density at radius 1 is 1.41 bits per heavy atom. The van der Waals surface area contributed by atoms with E-state index in [0.29, 0.717) is 18.1 Å². The molecule has 94 valence electrons. The second-order valence-corrected chi connectivity index (χ2v) is 4.55. The minimum Gasteiger partial charge on any atom is -0.479 e. The molecule has 0 saturated carbocycles. The molecule has 0 aromatic heterocycles. The zero-order valence-corrected chi connectivity index (χ0v) is 10.9. The molecule has 3 heteroatoms. The highest BCUT2D eigenvalue weighted by Crippen LogP contribution is 2.28. The van der Waals surface area contributed by atoms with Gasteiger partial charge in [-0.3, -0.25) is 0 Å². The quantitative estimate of drug-likeness (QED) is 0.852. The van der Waals surface area contributed by atoms with Gasteiger partial charge < -0.3 is 9.84 Å². The predicted molar refractivity (Wildman–Crippen MR) is 67.6 cm³/mol. The lowest BCUT2D eigenvalue weighted by Crippen LogP contribution is -2.26. The molecular formula is C14H20O3. The molecule has 0 heterocycles. The molecule has 3 nitrogen and oxygen atoms in total. The number of aliphatic carboxylic acids is 1. The summed E-state index contributed by atoms with van der Waals surface area (Å²) in [7, 11) is 0. The van der Waals surface area contributed by atoms with Crippen molar-refractivity contribution >= 4 is 5.97 Å². The summed E-state index contributed by atoms with van der Waals surface area (Å²) in [5, 5.41) is 9.01. The highest BCUT2D eigenvalue weighted by Gasteiger charge is 2.19. The fourth-order valence-electron chi connectivity index (χ4n) is 1.68. The van der Waals surface area contributed by atoms with E-state index in [1.165, 1.54) is 0 Å². The smallest absolute Gasteiger partial charge is 0.344 e. The minimum atomic E-state index is -0.913. The van der Waals surface area contributed by atoms with E-state index in [4.69, 9.17) is 9.84 Å². The molecule has 0 amide bonds. The number of aryl methyl sites for hydroxylation is 1. The normalized spacial score (nSPS) is 12.5. The van der Waals surface area contributed by atoms with E-state index in [2.05, 4.69) is 13.8 Å². The fourth-order valence-corrected chi connectivity index (χ4v) is 1.68. The van der Waals surface area contributed by atoms with Gasteiger partial charge in [0.05, 0.1) is 0 Å². The highest BCUT2D eigenvalue weighted by atomic mass is 16.5. The number of rotatable bonds is 5. The first-order valence-electron chi connectivity index (χ1n) is 5.95. The third-order valence-electron chi connectivity index (χ3n) is 2.71. The van der Waals surface area contributed by atoms with E-state index in [9.17, 15) is 4.79 Å². The summed E-state index contributed by atoms with van der Waals surface area (Å²) in [6.45, 7) is 7.92. The van der Waals surface area contributed by atoms with Crippen LogP contribution in [0.15, 0.2) is 18.2 Å². The van der Waals surface area contributed by atoms with Crippen molar-refractivity contribution in [1.29, 1.82) is 0 Å². The summed E-state index contributed by atoms with van der Waals surface area (Å²) in [4.78, 5) is 11.0. The molecule has 1 N–H and O–H groups in total. The number of carboxylic acid groups (broad SMARTS) is 1. The Labute approximate surface area is 102 Å². The first-order chi connectivity index (χ1) is 7.95. The SMILES string of the molecule is CC[C@@H](Oc1cc(C)ccc1C(C)C)C(=O)O. The second kappa shape index (κ2) is 5.71. The molecule has 0 radical (unpaired) electrons. The predicted octanol–water partition coefficient (Wildman–Crippen LogP) is 3.36. The van der Waals surface area contributed by atoms with Gasteiger partial charge in [0.25, 0.3) is 0 Å². The van der Waals surface area contributed by atoms with E-state index in [1.807, 2.05) is 32.0 Å². The van der Waals surface area contributed by atoms with Gasteiger partial charge in [-0.1, -0.05) is 32.9 Å². The van der Waals surface area contributed by atoms with Crippen molar-refractivity contribution in [3.63, 3.8) is 0 Å². The Morgan fingerprint density at radius 2 is 2.06 bits per heavy atom. The maximum atomic E-state index is 11.0. The van der Waals surface area contributed by atoms with Crippen LogP contribution < -0.4 is 4.74 Å². The second-order valence-electron chi connectivity index (χ2n) is 4.55. The Morgan fingerprint density at radius 3 is 2.53 bits per heavy atom. The van der Waals surface area contributed by atoms with Crippen LogP contribution in [0.25, 0.3) is 0 Å². The van der Waals surface area contributed by atoms with Crippen LogP contribution in [0, 0.1) is 6.92 Å². The van der Waals surface area contributed by atoms with Crippen molar-refractivity contribution < 1.29 is 14.6 Å². The van der Waals surface area contributed by atoms with Gasteiger partial charge in [0, 0.05) is 0 Å². The average Bonchev–Trinajstić information content (AvgIpc) is 2.25. The van der Waals surface area contributed by atoms with Crippen LogP contribution in [0.2, 0.25) is 0 Å². The van der Waals surface area contributed by atoms with E-state index in [1.54, 1.807) is 0 Å². The zero-order chi connectivity index (χ0) is 13.0. The van der Waals surface area contributed by atoms with Crippen molar-refractivity contribution in [1.82, 2.24) is 0 Å². The lowest BCUT2D eigenvalue weighted by Gasteiger charge is -2.18. The van der Waals surface area contributed by atoms with Crippen molar-refractivity contribution in [2.45, 2.75) is 46.1 Å². The minimum absolute atomic E-state index is 0.317. The first-order valence-corrected chi connectivity index (χ1v) is 5.95. The monoisotopic (exact) mass is 236 g/mol. The third-order valence-corrected chi connectivity index (χ3v) is 2.71. The molecule has 0 aliphatic carbocycles. The summed E-state index contributed by atoms with van der Waals surface area (Å²) in [6.07, 6.45) is -0.310. The summed E-state index contributed by atoms with van der Waals surface area (Å²) in [5.41, 5.74) is 2.12. The van der Waals surface area contributed by atoms with E-state index in [0.717, 1.165) is 11.1 Å². The lowest BCUT2D eigenvalue weighted by molar-refractivity contribution is -0.145. The maximum Gasteiger partial charge on any atom is 0.344 e. The van der Waals surface area contributed by atoms with E-state index < -0.39 is 12.1 Å². The molecule has 1 aromatic rings. The van der Waals surface area contributed by atoms with Crippen LogP contribution in [0.5, 0.6) is 5.75 Å². The Hall–Kier alpha value is -1.51. The third kappa shape index (κ3) is 3.48. The molecule has 0 fully saturated rings. The number of ether oxygens (including phenoxy) is 1. The summed E-state index contributed by atoms with van der Waals surface area (Å²) in [6, 6.07) is 5.93. The molecular weight excluding hydrogens is 216 g/mol. The van der Waals surface area contributed by atoms with Gasteiger partial charge in [0.1, 0.15) is 5.75 Å². The topological polar surface area (TPSA) is 46.5 Å². The molecule has 0 aliphatic rings. The molecule has 0 saturated heterocycles. The summed E-state index contributed by atoms with van der Waals surface area (Å²) in [5.74, 6) is 0.0925. The molecule has 1 aromatic carbocycles. The molecule has 0 aliphatic heterocycles. The first kappa shape index (κ1) is 13.6. The van der Waals surface area contributed by atoms with Crippen molar-refractivity contribution in [2.24, 2.45) is 0 Å². The fraction of sp³-hybridized carbons (Fsp3) is 0.500. The van der Waals surface area contributed by atoms with Crippen LogP contribution >= 0.6 is 0 Å². The lowest BCUT2D eigenvalue weighted by atomic mass is 10.0. The maximum absolute atomic E-state index is 11.0. The average molecular weight is 236 g/mol. The highest BCUT2D eigenvalue weighted by molar-refractivity contribution is 5.72. The Balaban J connectivity index is 3.02. The zero-order valence-electron chi connectivity index (χ0n) is 10.9. The van der Waals surface area contributed by atoms with Crippen LogP contribution in [0.1, 0.15) is 44.2 Å². The van der Waals surface area contributed by atoms with Crippen LogP contribution in [0.3, 0.4) is 0 Å². The molecule has 1 atom stereocenters. The standard InChI is InChI=1S/C14H20O3/c1-5-12(14(15)16)17-13-8-10(4)6-7-11(13)9(2)3/h6-9,12H,5H2,1-4H3,(H,15,16)/t12-/m1/s1. The van der Waals surface area contributed by atoms with Gasteiger partial charge >= 0.3 is 5.97 Å². The number of benzene rings is 1. The van der Waals surface area contributed by atoms with Gasteiger partial charge in [0.15, 0.2) is 6.10 Å². The number of carboxylic acids is 1. The molecule has 0 unspecified atom stereocenters.